The third kappa shape index (κ3) is 6.37. The lowest BCUT2D eigenvalue weighted by atomic mass is 10.1. The molecule has 0 spiro atoms. The molecule has 1 aromatic carbocycles. The van der Waals surface area contributed by atoms with Crippen LogP contribution in [0.5, 0.6) is 0 Å². The second-order valence-corrected chi connectivity index (χ2v) is 8.82. The average molecular weight is 400 g/mol. The number of ether oxygens (including phenoxy) is 1. The smallest absolute Gasteiger partial charge is 0.408 e. The zero-order valence-corrected chi connectivity index (χ0v) is 16.9. The maximum Gasteiger partial charge on any atom is 0.408 e. The van der Waals surface area contributed by atoms with E-state index in [9.17, 15) is 18.4 Å². The van der Waals surface area contributed by atoms with E-state index < -0.39 is 29.4 Å². The van der Waals surface area contributed by atoms with Gasteiger partial charge in [-0.3, -0.25) is 4.79 Å². The third-order valence-corrected chi connectivity index (χ3v) is 5.37. The van der Waals surface area contributed by atoms with Crippen LogP contribution in [-0.2, 0) is 9.53 Å². The number of nitrogens with zero attached hydrogens (tertiary/aromatic N) is 1. The molecule has 1 N–H and O–H groups in total. The van der Waals surface area contributed by atoms with Crippen molar-refractivity contribution >= 4 is 23.8 Å². The summed E-state index contributed by atoms with van der Waals surface area (Å²) >= 11 is 1.50. The largest absolute Gasteiger partial charge is 0.444 e. The van der Waals surface area contributed by atoms with Gasteiger partial charge in [0.15, 0.2) is 0 Å². The van der Waals surface area contributed by atoms with Gasteiger partial charge in [-0.1, -0.05) is 0 Å². The monoisotopic (exact) mass is 400 g/mol. The molecule has 0 bridgehead atoms. The van der Waals surface area contributed by atoms with Gasteiger partial charge in [0.2, 0.25) is 5.91 Å². The Hall–Kier alpha value is -1.83. The van der Waals surface area contributed by atoms with E-state index in [1.807, 2.05) is 0 Å². The van der Waals surface area contributed by atoms with E-state index in [4.69, 9.17) is 4.74 Å². The minimum Gasteiger partial charge on any atom is -0.444 e. The molecule has 1 saturated heterocycles. The Labute approximate surface area is 162 Å². The molecule has 0 aliphatic carbocycles. The number of carbonyl (C=O) groups excluding carboxylic acids is 2. The lowest BCUT2D eigenvalue weighted by Gasteiger charge is -2.26. The summed E-state index contributed by atoms with van der Waals surface area (Å²) in [6.07, 6.45) is -0.136. The topological polar surface area (TPSA) is 58.6 Å². The van der Waals surface area contributed by atoms with Crippen molar-refractivity contribution in [2.24, 2.45) is 0 Å². The Morgan fingerprint density at radius 1 is 1.30 bits per heavy atom. The minimum absolute atomic E-state index is 0.215. The predicted molar refractivity (Wildman–Crippen MR) is 102 cm³/mol. The molecule has 1 aromatic rings. The number of alkyl carbamates (subject to hydrolysis) is 1. The fourth-order valence-corrected chi connectivity index (χ4v) is 4.06. The van der Waals surface area contributed by atoms with Gasteiger partial charge < -0.3 is 15.0 Å². The third-order valence-electron chi connectivity index (χ3n) is 4.06. The first-order valence-corrected chi connectivity index (χ1v) is 9.96. The molecule has 2 atom stereocenters. The molecule has 0 aromatic heterocycles. The number of halogens is 2. The molecule has 0 radical (unpaired) electrons. The summed E-state index contributed by atoms with van der Waals surface area (Å²) in [5.74, 6) is -0.527. The highest BCUT2D eigenvalue weighted by molar-refractivity contribution is 7.99. The summed E-state index contributed by atoms with van der Waals surface area (Å²) in [7, 11) is 0. The van der Waals surface area contributed by atoms with Gasteiger partial charge in [0.05, 0.1) is 0 Å². The van der Waals surface area contributed by atoms with E-state index in [1.165, 1.54) is 17.8 Å². The van der Waals surface area contributed by atoms with E-state index >= 15 is 0 Å². The summed E-state index contributed by atoms with van der Waals surface area (Å²) < 4.78 is 32.7. The fraction of sp³-hybridized carbons (Fsp3) is 0.579. The summed E-state index contributed by atoms with van der Waals surface area (Å²) in [5.41, 5.74) is -0.317. The molecular weight excluding hydrogens is 374 g/mol. The first kappa shape index (κ1) is 21.5. The van der Waals surface area contributed by atoms with Crippen molar-refractivity contribution in [1.82, 2.24) is 10.2 Å². The second kappa shape index (κ2) is 8.91. The van der Waals surface area contributed by atoms with Crippen LogP contribution >= 0.6 is 11.8 Å². The Morgan fingerprint density at radius 2 is 2.00 bits per heavy atom. The number of carbonyl (C=O) groups is 2. The molecule has 2 rings (SSSR count). The maximum absolute atomic E-state index is 14.0. The van der Waals surface area contributed by atoms with Crippen molar-refractivity contribution in [3.63, 3.8) is 0 Å². The molecular formula is C19H26F2N2O3S. The van der Waals surface area contributed by atoms with Crippen molar-refractivity contribution in [3.05, 3.63) is 35.4 Å². The first-order chi connectivity index (χ1) is 12.6. The molecule has 5 nitrogen and oxygen atoms in total. The molecule has 2 amide bonds. The van der Waals surface area contributed by atoms with Crippen LogP contribution in [0.25, 0.3) is 0 Å². The molecule has 8 heteroatoms. The second-order valence-electron chi connectivity index (χ2n) is 7.51. The van der Waals surface area contributed by atoms with Gasteiger partial charge in [0.1, 0.15) is 23.3 Å². The number of amides is 2. The van der Waals surface area contributed by atoms with Crippen LogP contribution in [0.4, 0.5) is 13.6 Å². The number of benzene rings is 1. The molecule has 150 valence electrons. The Bertz CT molecular complexity index is 694. The number of thioether (sulfide) groups is 1. The minimum atomic E-state index is -0.729. The average Bonchev–Trinajstić information content (AvgIpc) is 2.80. The van der Waals surface area contributed by atoms with E-state index in [2.05, 4.69) is 5.32 Å². The SMILES string of the molecule is CC(NC(=O)OC(C)(C)C)C(=O)N1CCSC(c2cc(F)ccc2F)CC1. The van der Waals surface area contributed by atoms with Gasteiger partial charge in [-0.05, 0) is 52.3 Å². The standard InChI is InChI=1S/C19H26F2N2O3S/c1-12(22-18(25)26-19(2,3)4)17(24)23-8-7-16(27-10-9-23)14-11-13(20)5-6-15(14)21/h5-6,11-12,16H,7-10H2,1-4H3,(H,22,25). The van der Waals surface area contributed by atoms with Crippen molar-refractivity contribution in [2.45, 2.75) is 51.0 Å². The number of hydrogen-bond donors (Lipinski definition) is 1. The molecule has 1 heterocycles. The van der Waals surface area contributed by atoms with Crippen LogP contribution in [0.15, 0.2) is 18.2 Å². The lowest BCUT2D eigenvalue weighted by Crippen LogP contribution is -2.48. The molecule has 0 saturated carbocycles. The van der Waals surface area contributed by atoms with Crippen LogP contribution < -0.4 is 5.32 Å². The normalized spacial score (nSPS) is 19.2. The van der Waals surface area contributed by atoms with Crippen molar-refractivity contribution in [1.29, 1.82) is 0 Å². The molecule has 1 aliphatic rings. The van der Waals surface area contributed by atoms with Gasteiger partial charge in [-0.25, -0.2) is 13.6 Å². The van der Waals surface area contributed by atoms with Crippen LogP contribution in [-0.4, -0.2) is 47.4 Å². The van der Waals surface area contributed by atoms with Crippen LogP contribution in [0.3, 0.4) is 0 Å². The van der Waals surface area contributed by atoms with E-state index in [0.29, 0.717) is 30.8 Å². The van der Waals surface area contributed by atoms with Gasteiger partial charge in [-0.15, -0.1) is 0 Å². The zero-order valence-electron chi connectivity index (χ0n) is 16.1. The molecule has 27 heavy (non-hydrogen) atoms. The highest BCUT2D eigenvalue weighted by Crippen LogP contribution is 2.36. The van der Waals surface area contributed by atoms with Gasteiger partial charge >= 0.3 is 6.09 Å². The van der Waals surface area contributed by atoms with E-state index in [-0.39, 0.29) is 11.2 Å². The van der Waals surface area contributed by atoms with Gasteiger partial charge in [0.25, 0.3) is 0 Å². The van der Waals surface area contributed by atoms with Crippen molar-refractivity contribution < 1.29 is 23.1 Å². The Balaban J connectivity index is 1.95. The Kier molecular flexibility index (Phi) is 7.08. The molecule has 2 unspecified atom stereocenters. The van der Waals surface area contributed by atoms with E-state index in [1.54, 1.807) is 32.6 Å². The maximum atomic E-state index is 14.0. The number of rotatable bonds is 3. The summed E-state index contributed by atoms with van der Waals surface area (Å²) in [4.78, 5) is 26.1. The quantitative estimate of drug-likeness (QED) is 0.836. The van der Waals surface area contributed by atoms with Crippen LogP contribution in [0.2, 0.25) is 0 Å². The van der Waals surface area contributed by atoms with Crippen LogP contribution in [0, 0.1) is 11.6 Å². The molecule has 1 aliphatic heterocycles. The van der Waals surface area contributed by atoms with Gasteiger partial charge in [-0.2, -0.15) is 11.8 Å². The van der Waals surface area contributed by atoms with Crippen molar-refractivity contribution in [3.8, 4) is 0 Å². The highest BCUT2D eigenvalue weighted by Gasteiger charge is 2.28. The number of nitrogens with one attached hydrogen (secondary N) is 1. The summed E-state index contributed by atoms with van der Waals surface area (Å²) in [6.45, 7) is 7.74. The fourth-order valence-electron chi connectivity index (χ4n) is 2.82. The molecule has 1 fully saturated rings. The van der Waals surface area contributed by atoms with E-state index in [0.717, 1.165) is 12.1 Å². The predicted octanol–water partition coefficient (Wildman–Crippen LogP) is 3.88. The van der Waals surface area contributed by atoms with Crippen LogP contribution in [0.1, 0.15) is 44.9 Å². The number of hydrogen-bond acceptors (Lipinski definition) is 4. The Morgan fingerprint density at radius 3 is 2.67 bits per heavy atom. The first-order valence-electron chi connectivity index (χ1n) is 8.91. The van der Waals surface area contributed by atoms with Gasteiger partial charge in [0, 0.05) is 29.7 Å². The zero-order chi connectivity index (χ0) is 20.2. The lowest BCUT2D eigenvalue weighted by molar-refractivity contribution is -0.132. The highest BCUT2D eigenvalue weighted by atomic mass is 32.2. The van der Waals surface area contributed by atoms with Crippen molar-refractivity contribution in [2.75, 3.05) is 18.8 Å². The summed E-state index contributed by atoms with van der Waals surface area (Å²) in [5, 5.41) is 2.33. The summed E-state index contributed by atoms with van der Waals surface area (Å²) in [6, 6.07) is 2.72.